The number of carboxylic acids is 1. The SMILES string of the molecule is CO.O=C(O)C(F)(F)F.[Yb]. The normalized spacial score (nSPS) is 8.50. The Morgan fingerprint density at radius 1 is 1.30 bits per heavy atom. The van der Waals surface area contributed by atoms with Crippen LogP contribution >= 0.6 is 0 Å². The number of rotatable bonds is 0. The minimum Gasteiger partial charge on any atom is -0.475 e. The van der Waals surface area contributed by atoms with Crippen molar-refractivity contribution in [2.75, 3.05) is 7.11 Å². The molecule has 0 rings (SSSR count). The van der Waals surface area contributed by atoms with Gasteiger partial charge in [0, 0.05) is 54.0 Å². The Morgan fingerprint density at radius 2 is 1.40 bits per heavy atom. The van der Waals surface area contributed by atoms with Crippen LogP contribution in [0.2, 0.25) is 0 Å². The van der Waals surface area contributed by atoms with E-state index in [1.54, 1.807) is 0 Å². The van der Waals surface area contributed by atoms with Crippen molar-refractivity contribution in [3.8, 4) is 0 Å². The van der Waals surface area contributed by atoms with Gasteiger partial charge < -0.3 is 10.2 Å². The van der Waals surface area contributed by atoms with E-state index in [0.29, 0.717) is 0 Å². The molecule has 0 saturated heterocycles. The van der Waals surface area contributed by atoms with Gasteiger partial charge in [-0.1, -0.05) is 0 Å². The number of aliphatic hydroxyl groups excluding tert-OH is 1. The topological polar surface area (TPSA) is 57.5 Å². The average Bonchev–Trinajstić information content (AvgIpc) is 1.69. The summed E-state index contributed by atoms with van der Waals surface area (Å²) in [4.78, 5) is 8.90. The summed E-state index contributed by atoms with van der Waals surface area (Å²) < 4.78 is 31.7. The van der Waals surface area contributed by atoms with Crippen molar-refractivity contribution < 1.29 is 75.1 Å². The average molecular weight is 319 g/mol. The molecule has 0 saturated carbocycles. The zero-order valence-electron chi connectivity index (χ0n) is 4.70. The first-order chi connectivity index (χ1) is 3.94. The summed E-state index contributed by atoms with van der Waals surface area (Å²) >= 11 is 0. The first-order valence-electron chi connectivity index (χ1n) is 1.69. The number of carbonyl (C=O) groups is 1. The third-order valence-electron chi connectivity index (χ3n) is 0.243. The minimum absolute atomic E-state index is 0. The second-order valence-corrected chi connectivity index (χ2v) is 0.803. The molecule has 0 aliphatic heterocycles. The van der Waals surface area contributed by atoms with Gasteiger partial charge in [-0.05, 0) is 0 Å². The molecule has 7 heteroatoms. The van der Waals surface area contributed by atoms with E-state index in [0.717, 1.165) is 7.11 Å². The number of carboxylic acid groups (broad SMARTS) is 1. The van der Waals surface area contributed by atoms with Crippen LogP contribution in [0.15, 0.2) is 0 Å². The van der Waals surface area contributed by atoms with E-state index in [-0.39, 0.29) is 46.9 Å². The van der Waals surface area contributed by atoms with Crippen molar-refractivity contribution in [3.05, 3.63) is 0 Å². The van der Waals surface area contributed by atoms with Crippen LogP contribution in [0.1, 0.15) is 0 Å². The van der Waals surface area contributed by atoms with E-state index >= 15 is 0 Å². The Kier molecular flexibility index (Phi) is 13.3. The zero-order valence-corrected chi connectivity index (χ0v) is 6.42. The summed E-state index contributed by atoms with van der Waals surface area (Å²) in [5, 5.41) is 14.1. The molecular formula is C3H5F3O3Yb. The first kappa shape index (κ1) is 17.0. The van der Waals surface area contributed by atoms with Gasteiger partial charge >= 0.3 is 12.1 Å². The van der Waals surface area contributed by atoms with Gasteiger partial charge in [0.25, 0.3) is 0 Å². The molecule has 0 fully saturated rings. The van der Waals surface area contributed by atoms with Gasteiger partial charge in [-0.15, -0.1) is 0 Å². The van der Waals surface area contributed by atoms with Gasteiger partial charge in [0.1, 0.15) is 0 Å². The molecular weight excluding hydrogens is 314 g/mol. The minimum atomic E-state index is -5.08. The molecule has 70 valence electrons. The van der Waals surface area contributed by atoms with Crippen LogP contribution in [-0.4, -0.2) is 29.5 Å². The smallest absolute Gasteiger partial charge is 0.475 e. The van der Waals surface area contributed by atoms with E-state index < -0.39 is 12.1 Å². The molecule has 0 aromatic rings. The molecule has 0 atom stereocenters. The second-order valence-electron chi connectivity index (χ2n) is 0.803. The second kappa shape index (κ2) is 7.84. The predicted molar refractivity (Wildman–Crippen MR) is 21.8 cm³/mol. The number of alkyl halides is 3. The van der Waals surface area contributed by atoms with E-state index in [2.05, 4.69) is 0 Å². The van der Waals surface area contributed by atoms with Crippen molar-refractivity contribution in [2.45, 2.75) is 6.18 Å². The molecule has 0 radical (unpaired) electrons. The molecule has 0 aromatic heterocycles. The number of hydrogen-bond acceptors (Lipinski definition) is 2. The standard InChI is InChI=1S/C2HF3O2.CH4O.Yb/c3-2(4,5)1(6)7;1-2;/h(H,6,7);2H,1H3;. The van der Waals surface area contributed by atoms with Crippen molar-refractivity contribution >= 4 is 5.97 Å². The number of aliphatic hydroxyl groups is 1. The van der Waals surface area contributed by atoms with Crippen LogP contribution in [0.5, 0.6) is 0 Å². The molecule has 0 amide bonds. The predicted octanol–water partition coefficient (Wildman–Crippen LogP) is 0.242. The fourth-order valence-corrected chi connectivity index (χ4v) is 0. The zero-order chi connectivity index (χ0) is 8.08. The Balaban J connectivity index is -0.000000149. The fraction of sp³-hybridized carbons (Fsp3) is 0.667. The molecule has 2 N–H and O–H groups in total. The summed E-state index contributed by atoms with van der Waals surface area (Å²) in [6.07, 6.45) is -5.08. The Labute approximate surface area is 93.5 Å². The number of aliphatic carboxylic acids is 1. The van der Waals surface area contributed by atoms with Crippen LogP contribution in [0.3, 0.4) is 0 Å². The van der Waals surface area contributed by atoms with Crippen LogP contribution in [0, 0.1) is 46.9 Å². The third kappa shape index (κ3) is 11.5. The van der Waals surface area contributed by atoms with E-state index in [1.807, 2.05) is 0 Å². The maximum Gasteiger partial charge on any atom is 0.490 e. The van der Waals surface area contributed by atoms with E-state index in [4.69, 9.17) is 15.0 Å². The molecule has 0 aromatic carbocycles. The Hall–Kier alpha value is 0.739. The van der Waals surface area contributed by atoms with Gasteiger partial charge in [-0.3, -0.25) is 0 Å². The van der Waals surface area contributed by atoms with Crippen LogP contribution < -0.4 is 0 Å². The Bertz CT molecular complexity index is 91.5. The molecule has 0 aliphatic carbocycles. The molecule has 3 nitrogen and oxygen atoms in total. The number of hydrogen-bond donors (Lipinski definition) is 2. The van der Waals surface area contributed by atoms with Gasteiger partial charge in [0.15, 0.2) is 0 Å². The fourth-order valence-electron chi connectivity index (χ4n) is 0. The molecule has 0 bridgehead atoms. The van der Waals surface area contributed by atoms with Gasteiger partial charge in [0.05, 0.1) is 0 Å². The first-order valence-corrected chi connectivity index (χ1v) is 1.69. The van der Waals surface area contributed by atoms with Crippen molar-refractivity contribution in [2.24, 2.45) is 0 Å². The summed E-state index contributed by atoms with van der Waals surface area (Å²) in [5.74, 6) is -2.76. The summed E-state index contributed by atoms with van der Waals surface area (Å²) in [6, 6.07) is 0. The third-order valence-corrected chi connectivity index (χ3v) is 0.243. The van der Waals surface area contributed by atoms with Crippen LogP contribution in [-0.2, 0) is 4.79 Å². The molecule has 0 heterocycles. The maximum atomic E-state index is 10.6. The van der Waals surface area contributed by atoms with Gasteiger partial charge in [-0.25, -0.2) is 4.79 Å². The van der Waals surface area contributed by atoms with Crippen molar-refractivity contribution in [3.63, 3.8) is 0 Å². The molecule has 10 heavy (non-hydrogen) atoms. The summed E-state index contributed by atoms with van der Waals surface area (Å²) in [7, 11) is 1.00. The van der Waals surface area contributed by atoms with Crippen LogP contribution in [0.4, 0.5) is 13.2 Å². The molecule has 0 unspecified atom stereocenters. The summed E-state index contributed by atoms with van der Waals surface area (Å²) in [5.41, 5.74) is 0. The van der Waals surface area contributed by atoms with Crippen molar-refractivity contribution in [1.29, 1.82) is 0 Å². The van der Waals surface area contributed by atoms with Gasteiger partial charge in [-0.2, -0.15) is 13.2 Å². The van der Waals surface area contributed by atoms with E-state index in [9.17, 15) is 13.2 Å². The number of halogens is 3. The van der Waals surface area contributed by atoms with E-state index in [1.165, 1.54) is 0 Å². The maximum absolute atomic E-state index is 10.6. The quantitative estimate of drug-likeness (QED) is 0.673. The van der Waals surface area contributed by atoms with Crippen LogP contribution in [0.25, 0.3) is 0 Å². The van der Waals surface area contributed by atoms with Gasteiger partial charge in [0.2, 0.25) is 0 Å². The Morgan fingerprint density at radius 3 is 1.40 bits per heavy atom. The molecule has 0 aliphatic rings. The summed E-state index contributed by atoms with van der Waals surface area (Å²) in [6.45, 7) is 0. The monoisotopic (exact) mass is 320 g/mol. The largest absolute Gasteiger partial charge is 0.490 e. The van der Waals surface area contributed by atoms with Crippen molar-refractivity contribution in [1.82, 2.24) is 0 Å². The molecule has 0 spiro atoms.